The number of likely N-dealkylation sites (tertiary alicyclic amines) is 1. The first-order valence-corrected chi connectivity index (χ1v) is 10.5. The van der Waals surface area contributed by atoms with E-state index in [1.165, 1.54) is 0 Å². The van der Waals surface area contributed by atoms with Gasteiger partial charge in [-0.15, -0.1) is 0 Å². The lowest BCUT2D eigenvalue weighted by Gasteiger charge is -2.16. The number of nitrogens with zero attached hydrogens (tertiary/aromatic N) is 1. The Morgan fingerprint density at radius 3 is 2.55 bits per heavy atom. The van der Waals surface area contributed by atoms with Crippen LogP contribution < -0.4 is 15.4 Å². The molecule has 0 radical (unpaired) electrons. The third-order valence-corrected chi connectivity index (χ3v) is 5.46. The molecule has 0 bridgehead atoms. The molecule has 0 aliphatic carbocycles. The average Bonchev–Trinajstić information content (AvgIpc) is 3.13. The molecule has 0 aromatic heterocycles. The van der Waals surface area contributed by atoms with Crippen LogP contribution in [-0.2, 0) is 20.9 Å². The minimum Gasteiger partial charge on any atom is -0.483 e. The maximum atomic E-state index is 12.4. The van der Waals surface area contributed by atoms with Gasteiger partial charge in [0.1, 0.15) is 5.75 Å². The smallest absolute Gasteiger partial charge is 0.258 e. The normalized spacial score (nSPS) is 15.6. The molecule has 1 saturated heterocycles. The van der Waals surface area contributed by atoms with E-state index in [2.05, 4.69) is 10.6 Å². The quantitative estimate of drug-likeness (QED) is 0.604. The van der Waals surface area contributed by atoms with Crippen molar-refractivity contribution in [2.45, 2.75) is 26.8 Å². The van der Waals surface area contributed by atoms with Crippen LogP contribution in [0.2, 0.25) is 0 Å². The zero-order chi connectivity index (χ0) is 22.2. The van der Waals surface area contributed by atoms with Crippen LogP contribution in [0.5, 0.6) is 5.75 Å². The van der Waals surface area contributed by atoms with Crippen molar-refractivity contribution in [3.8, 4) is 5.75 Å². The summed E-state index contributed by atoms with van der Waals surface area (Å²) >= 11 is 0. The molecule has 1 aliphatic rings. The lowest BCUT2D eigenvalue weighted by Crippen LogP contribution is -2.39. The molecule has 7 heteroatoms. The summed E-state index contributed by atoms with van der Waals surface area (Å²) < 4.78 is 5.57. The first kappa shape index (κ1) is 22.3. The number of rotatable bonds is 9. The number of carbonyl (C=O) groups is 3. The molecular weight excluding hydrogens is 394 g/mol. The van der Waals surface area contributed by atoms with Gasteiger partial charge in [-0.05, 0) is 36.6 Å². The highest BCUT2D eigenvalue weighted by Crippen LogP contribution is 2.21. The van der Waals surface area contributed by atoms with Crippen LogP contribution in [0.25, 0.3) is 0 Å². The van der Waals surface area contributed by atoms with Gasteiger partial charge in [0.2, 0.25) is 11.8 Å². The molecule has 3 rings (SSSR count). The number of aryl methyl sites for hydroxylation is 1. The molecular formula is C24H29N3O4. The van der Waals surface area contributed by atoms with Crippen molar-refractivity contribution in [3.63, 3.8) is 0 Å². The van der Waals surface area contributed by atoms with Crippen LogP contribution in [0.3, 0.4) is 0 Å². The largest absolute Gasteiger partial charge is 0.483 e. The standard InChI is InChI=1S/C24H29N3O4/c1-17-7-6-10-21(18(17)2)31-16-22(28)25-11-12-26-24(30)20-13-23(29)27(15-20)14-19-8-4-3-5-9-19/h3-10,20H,11-16H2,1-2H3,(H,25,28)(H,26,30). The Morgan fingerprint density at radius 1 is 1.03 bits per heavy atom. The molecule has 1 fully saturated rings. The summed E-state index contributed by atoms with van der Waals surface area (Å²) in [6.07, 6.45) is 0.217. The van der Waals surface area contributed by atoms with Crippen LogP contribution in [0.1, 0.15) is 23.1 Å². The van der Waals surface area contributed by atoms with Crippen molar-refractivity contribution in [1.29, 1.82) is 0 Å². The van der Waals surface area contributed by atoms with E-state index in [4.69, 9.17) is 4.74 Å². The van der Waals surface area contributed by atoms with E-state index in [1.54, 1.807) is 4.90 Å². The van der Waals surface area contributed by atoms with Gasteiger partial charge in [0.05, 0.1) is 5.92 Å². The first-order chi connectivity index (χ1) is 14.9. The van der Waals surface area contributed by atoms with Gasteiger partial charge >= 0.3 is 0 Å². The van der Waals surface area contributed by atoms with E-state index in [0.29, 0.717) is 31.9 Å². The van der Waals surface area contributed by atoms with E-state index in [9.17, 15) is 14.4 Å². The van der Waals surface area contributed by atoms with E-state index < -0.39 is 0 Å². The summed E-state index contributed by atoms with van der Waals surface area (Å²) in [5, 5.41) is 5.53. The average molecular weight is 424 g/mol. The molecule has 7 nitrogen and oxygen atoms in total. The second kappa shape index (κ2) is 10.6. The highest BCUT2D eigenvalue weighted by Gasteiger charge is 2.33. The van der Waals surface area contributed by atoms with Crippen LogP contribution in [0, 0.1) is 19.8 Å². The molecule has 2 aromatic carbocycles. The van der Waals surface area contributed by atoms with Crippen molar-refractivity contribution in [2.75, 3.05) is 26.2 Å². The highest BCUT2D eigenvalue weighted by molar-refractivity contribution is 5.89. The Morgan fingerprint density at radius 2 is 1.77 bits per heavy atom. The van der Waals surface area contributed by atoms with Gasteiger partial charge in [-0.25, -0.2) is 0 Å². The Bertz CT molecular complexity index is 930. The Hall–Kier alpha value is -3.35. The Balaban J connectivity index is 1.34. The second-order valence-electron chi connectivity index (χ2n) is 7.79. The van der Waals surface area contributed by atoms with Gasteiger partial charge in [0.15, 0.2) is 6.61 Å². The molecule has 31 heavy (non-hydrogen) atoms. The highest BCUT2D eigenvalue weighted by atomic mass is 16.5. The van der Waals surface area contributed by atoms with Crippen LogP contribution >= 0.6 is 0 Å². The number of hydrogen-bond acceptors (Lipinski definition) is 4. The Kier molecular flexibility index (Phi) is 7.65. The predicted octanol–water partition coefficient (Wildman–Crippen LogP) is 1.96. The van der Waals surface area contributed by atoms with Gasteiger partial charge in [-0.3, -0.25) is 14.4 Å². The van der Waals surface area contributed by atoms with Crippen molar-refractivity contribution in [3.05, 3.63) is 65.2 Å². The number of hydrogen-bond donors (Lipinski definition) is 2. The third-order valence-electron chi connectivity index (χ3n) is 5.46. The topological polar surface area (TPSA) is 87.7 Å². The summed E-state index contributed by atoms with van der Waals surface area (Å²) in [5.74, 6) is -0.0973. The minimum atomic E-state index is -0.362. The van der Waals surface area contributed by atoms with Crippen molar-refractivity contribution in [2.24, 2.45) is 5.92 Å². The fourth-order valence-electron chi connectivity index (χ4n) is 3.51. The predicted molar refractivity (Wildman–Crippen MR) is 117 cm³/mol. The molecule has 3 amide bonds. The van der Waals surface area contributed by atoms with Crippen LogP contribution in [-0.4, -0.2) is 48.9 Å². The third kappa shape index (κ3) is 6.31. The SMILES string of the molecule is Cc1cccc(OCC(=O)NCCNC(=O)C2CC(=O)N(Cc3ccccc3)C2)c1C. The van der Waals surface area contributed by atoms with Gasteiger partial charge in [-0.2, -0.15) is 0 Å². The van der Waals surface area contributed by atoms with Gasteiger partial charge < -0.3 is 20.3 Å². The monoisotopic (exact) mass is 423 g/mol. The fraction of sp³-hybridized carbons (Fsp3) is 0.375. The maximum Gasteiger partial charge on any atom is 0.258 e. The van der Waals surface area contributed by atoms with Crippen LogP contribution in [0.15, 0.2) is 48.5 Å². The van der Waals surface area contributed by atoms with Crippen molar-refractivity contribution >= 4 is 17.7 Å². The van der Waals surface area contributed by atoms with Crippen molar-refractivity contribution < 1.29 is 19.1 Å². The summed E-state index contributed by atoms with van der Waals surface area (Å²) in [5.41, 5.74) is 3.16. The number of nitrogens with one attached hydrogen (secondary N) is 2. The van der Waals surface area contributed by atoms with Crippen molar-refractivity contribution in [1.82, 2.24) is 15.5 Å². The Labute approximate surface area is 182 Å². The molecule has 2 aromatic rings. The number of carbonyl (C=O) groups excluding carboxylic acids is 3. The minimum absolute atomic E-state index is 0.0131. The number of amides is 3. The van der Waals surface area contributed by atoms with E-state index in [-0.39, 0.29) is 36.7 Å². The van der Waals surface area contributed by atoms with Gasteiger partial charge in [-0.1, -0.05) is 42.5 Å². The lowest BCUT2D eigenvalue weighted by atomic mass is 10.1. The summed E-state index contributed by atoms with van der Waals surface area (Å²) in [6.45, 7) is 5.39. The molecule has 1 aliphatic heterocycles. The second-order valence-corrected chi connectivity index (χ2v) is 7.79. The van der Waals surface area contributed by atoms with E-state index in [1.807, 2.05) is 62.4 Å². The summed E-state index contributed by atoms with van der Waals surface area (Å²) in [4.78, 5) is 38.3. The zero-order valence-corrected chi connectivity index (χ0v) is 18.0. The number of benzene rings is 2. The van der Waals surface area contributed by atoms with Gasteiger partial charge in [0, 0.05) is 32.6 Å². The first-order valence-electron chi connectivity index (χ1n) is 10.5. The summed E-state index contributed by atoms with van der Waals surface area (Å²) in [7, 11) is 0. The van der Waals surface area contributed by atoms with E-state index in [0.717, 1.165) is 16.7 Å². The maximum absolute atomic E-state index is 12.4. The molecule has 2 N–H and O–H groups in total. The summed E-state index contributed by atoms with van der Waals surface area (Å²) in [6, 6.07) is 15.4. The molecule has 1 heterocycles. The molecule has 1 unspecified atom stereocenters. The van der Waals surface area contributed by atoms with Gasteiger partial charge in [0.25, 0.3) is 5.91 Å². The lowest BCUT2D eigenvalue weighted by molar-refractivity contribution is -0.129. The molecule has 0 saturated carbocycles. The molecule has 1 atom stereocenters. The number of ether oxygens (including phenoxy) is 1. The molecule has 0 spiro atoms. The fourth-order valence-corrected chi connectivity index (χ4v) is 3.51. The molecule has 164 valence electrons. The van der Waals surface area contributed by atoms with Crippen LogP contribution in [0.4, 0.5) is 0 Å². The van der Waals surface area contributed by atoms with E-state index >= 15 is 0 Å². The zero-order valence-electron chi connectivity index (χ0n) is 18.0.